The first-order valence-corrected chi connectivity index (χ1v) is 11.0. The van der Waals surface area contributed by atoms with Gasteiger partial charge >= 0.3 is 0 Å². The van der Waals surface area contributed by atoms with Gasteiger partial charge in [0.05, 0.1) is 24.4 Å². The van der Waals surface area contributed by atoms with Gasteiger partial charge < -0.3 is 19.5 Å². The maximum absolute atomic E-state index is 13.5. The fourth-order valence-electron chi connectivity index (χ4n) is 3.81. The smallest absolute Gasteiger partial charge is 0.278 e. The molecule has 34 heavy (non-hydrogen) atoms. The number of benzene rings is 2. The summed E-state index contributed by atoms with van der Waals surface area (Å²) in [7, 11) is 0. The number of rotatable bonds is 8. The molecule has 0 saturated carbocycles. The van der Waals surface area contributed by atoms with Crippen molar-refractivity contribution in [2.45, 2.75) is 19.9 Å². The van der Waals surface area contributed by atoms with Gasteiger partial charge in [0.1, 0.15) is 11.4 Å². The summed E-state index contributed by atoms with van der Waals surface area (Å²) in [6.45, 7) is 2.86. The number of pyridine rings is 1. The summed E-state index contributed by atoms with van der Waals surface area (Å²) in [5.41, 5.74) is 2.34. The van der Waals surface area contributed by atoms with E-state index in [0.29, 0.717) is 46.4 Å². The molecular formula is C26H23N3O5. The van der Waals surface area contributed by atoms with Gasteiger partial charge in [0, 0.05) is 18.0 Å². The van der Waals surface area contributed by atoms with E-state index in [9.17, 15) is 9.59 Å². The van der Waals surface area contributed by atoms with E-state index < -0.39 is 5.91 Å². The van der Waals surface area contributed by atoms with Crippen LogP contribution in [0.2, 0.25) is 0 Å². The van der Waals surface area contributed by atoms with Gasteiger partial charge in [-0.1, -0.05) is 25.1 Å². The SMILES string of the molecule is CCCOc1ccc(C2=C(Nc3ccc4c(c3)OCO4)C(=O)N(Cc3ccccn3)C2=O)cc1. The van der Waals surface area contributed by atoms with E-state index in [1.54, 1.807) is 60.8 Å². The van der Waals surface area contributed by atoms with Crippen molar-refractivity contribution in [2.75, 3.05) is 18.7 Å². The Labute approximate surface area is 196 Å². The Balaban J connectivity index is 1.49. The second kappa shape index (κ2) is 9.27. The molecule has 0 spiro atoms. The minimum Gasteiger partial charge on any atom is -0.494 e. The summed E-state index contributed by atoms with van der Waals surface area (Å²) in [4.78, 5) is 32.4. The minimum absolute atomic E-state index is 0.0754. The molecule has 1 aromatic heterocycles. The molecule has 3 aromatic rings. The molecule has 2 aromatic carbocycles. The topological polar surface area (TPSA) is 90.0 Å². The van der Waals surface area contributed by atoms with Gasteiger partial charge in [-0.05, 0) is 48.4 Å². The molecule has 1 N–H and O–H groups in total. The van der Waals surface area contributed by atoms with Gasteiger partial charge in [-0.25, -0.2) is 0 Å². The average molecular weight is 457 g/mol. The highest BCUT2D eigenvalue weighted by atomic mass is 16.7. The van der Waals surface area contributed by atoms with Crippen molar-refractivity contribution in [1.29, 1.82) is 0 Å². The summed E-state index contributed by atoms with van der Waals surface area (Å²) < 4.78 is 16.5. The van der Waals surface area contributed by atoms with Crippen LogP contribution in [-0.4, -0.2) is 35.1 Å². The molecule has 2 aliphatic heterocycles. The van der Waals surface area contributed by atoms with E-state index in [1.165, 1.54) is 4.90 Å². The molecule has 0 bridgehead atoms. The standard InChI is InChI=1S/C26H23N3O5/c1-2-13-32-20-9-6-17(7-10-20)23-24(28-18-8-11-21-22(14-18)34-16-33-21)26(31)29(25(23)30)15-19-5-3-4-12-27-19/h3-12,14,28H,2,13,15-16H2,1H3. The lowest BCUT2D eigenvalue weighted by Crippen LogP contribution is -2.32. The molecule has 0 saturated heterocycles. The molecule has 8 nitrogen and oxygen atoms in total. The highest BCUT2D eigenvalue weighted by Crippen LogP contribution is 2.37. The number of carbonyl (C=O) groups is 2. The number of aromatic nitrogens is 1. The number of amides is 2. The molecule has 5 rings (SSSR count). The first-order valence-electron chi connectivity index (χ1n) is 11.0. The molecule has 0 unspecified atom stereocenters. The van der Waals surface area contributed by atoms with Gasteiger partial charge in [0.25, 0.3) is 11.8 Å². The van der Waals surface area contributed by atoms with Gasteiger partial charge in [-0.15, -0.1) is 0 Å². The van der Waals surface area contributed by atoms with Crippen LogP contribution in [0.15, 0.2) is 72.6 Å². The Morgan fingerprint density at radius 3 is 2.59 bits per heavy atom. The monoisotopic (exact) mass is 457 g/mol. The van der Waals surface area contributed by atoms with Crippen molar-refractivity contribution in [1.82, 2.24) is 9.88 Å². The highest BCUT2D eigenvalue weighted by Gasteiger charge is 2.39. The molecule has 0 atom stereocenters. The average Bonchev–Trinajstić information content (AvgIpc) is 3.42. The molecule has 172 valence electrons. The molecule has 0 aliphatic carbocycles. The van der Waals surface area contributed by atoms with E-state index in [0.717, 1.165) is 6.42 Å². The largest absolute Gasteiger partial charge is 0.494 e. The molecule has 0 radical (unpaired) electrons. The van der Waals surface area contributed by atoms with Crippen LogP contribution in [0.4, 0.5) is 5.69 Å². The van der Waals surface area contributed by atoms with Crippen LogP contribution in [-0.2, 0) is 16.1 Å². The van der Waals surface area contributed by atoms with Crippen LogP contribution < -0.4 is 19.5 Å². The van der Waals surface area contributed by atoms with Crippen LogP contribution in [0.3, 0.4) is 0 Å². The van der Waals surface area contributed by atoms with Crippen LogP contribution >= 0.6 is 0 Å². The lowest BCUT2D eigenvalue weighted by atomic mass is 10.0. The summed E-state index contributed by atoms with van der Waals surface area (Å²) in [5.74, 6) is 1.11. The molecule has 2 aliphatic rings. The number of anilines is 1. The fraction of sp³-hybridized carbons (Fsp3) is 0.192. The zero-order valence-corrected chi connectivity index (χ0v) is 18.6. The number of hydrogen-bond donors (Lipinski definition) is 1. The lowest BCUT2D eigenvalue weighted by molar-refractivity contribution is -0.137. The van der Waals surface area contributed by atoms with Gasteiger partial charge in [0.2, 0.25) is 6.79 Å². The fourth-order valence-corrected chi connectivity index (χ4v) is 3.81. The number of hydrogen-bond acceptors (Lipinski definition) is 7. The predicted molar refractivity (Wildman–Crippen MR) is 125 cm³/mol. The van der Waals surface area contributed by atoms with Crippen molar-refractivity contribution < 1.29 is 23.8 Å². The van der Waals surface area contributed by atoms with Gasteiger partial charge in [0.15, 0.2) is 11.5 Å². The van der Waals surface area contributed by atoms with E-state index in [1.807, 2.05) is 13.0 Å². The third-order valence-corrected chi connectivity index (χ3v) is 5.47. The minimum atomic E-state index is -0.422. The van der Waals surface area contributed by atoms with Crippen molar-refractivity contribution in [2.24, 2.45) is 0 Å². The van der Waals surface area contributed by atoms with Crippen molar-refractivity contribution >= 4 is 23.1 Å². The first kappa shape index (κ1) is 21.5. The van der Waals surface area contributed by atoms with Crippen LogP contribution in [0.5, 0.6) is 17.2 Å². The summed E-state index contributed by atoms with van der Waals surface area (Å²) >= 11 is 0. The van der Waals surface area contributed by atoms with Crippen molar-refractivity contribution in [3.63, 3.8) is 0 Å². The molecular weight excluding hydrogens is 434 g/mol. The Morgan fingerprint density at radius 2 is 1.82 bits per heavy atom. The Bertz CT molecular complexity index is 1260. The Kier molecular flexibility index (Phi) is 5.86. The third-order valence-electron chi connectivity index (χ3n) is 5.47. The Morgan fingerprint density at radius 1 is 1.00 bits per heavy atom. The van der Waals surface area contributed by atoms with Gasteiger partial charge in [-0.2, -0.15) is 0 Å². The number of nitrogens with zero attached hydrogens (tertiary/aromatic N) is 2. The van der Waals surface area contributed by atoms with Crippen LogP contribution in [0.1, 0.15) is 24.6 Å². The molecule has 8 heteroatoms. The van der Waals surface area contributed by atoms with Crippen LogP contribution in [0.25, 0.3) is 5.57 Å². The number of fused-ring (bicyclic) bond motifs is 1. The van der Waals surface area contributed by atoms with E-state index >= 15 is 0 Å². The number of nitrogens with one attached hydrogen (secondary N) is 1. The van der Waals surface area contributed by atoms with E-state index in [2.05, 4.69) is 10.3 Å². The van der Waals surface area contributed by atoms with Crippen molar-refractivity contribution in [3.8, 4) is 17.2 Å². The Hall–Kier alpha value is -4.33. The summed E-state index contributed by atoms with van der Waals surface area (Å²) in [6, 6.07) is 17.9. The zero-order chi connectivity index (χ0) is 23.5. The van der Waals surface area contributed by atoms with Gasteiger partial charge in [-0.3, -0.25) is 19.5 Å². The first-order chi connectivity index (χ1) is 16.6. The zero-order valence-electron chi connectivity index (χ0n) is 18.6. The van der Waals surface area contributed by atoms with Crippen LogP contribution in [0, 0.1) is 0 Å². The molecule has 0 fully saturated rings. The maximum Gasteiger partial charge on any atom is 0.278 e. The quantitative estimate of drug-likeness (QED) is 0.512. The molecule has 2 amide bonds. The van der Waals surface area contributed by atoms with Crippen molar-refractivity contribution in [3.05, 3.63) is 83.8 Å². The number of carbonyl (C=O) groups excluding carboxylic acids is 2. The number of imide groups is 1. The summed E-state index contributed by atoms with van der Waals surface area (Å²) in [6.07, 6.45) is 2.53. The third kappa shape index (κ3) is 4.17. The normalized spacial score (nSPS) is 14.7. The molecule has 3 heterocycles. The lowest BCUT2D eigenvalue weighted by Gasteiger charge is -2.15. The summed E-state index contributed by atoms with van der Waals surface area (Å²) in [5, 5.41) is 3.14. The van der Waals surface area contributed by atoms with E-state index in [4.69, 9.17) is 14.2 Å². The maximum atomic E-state index is 13.5. The number of ether oxygens (including phenoxy) is 3. The second-order valence-electron chi connectivity index (χ2n) is 7.83. The second-order valence-corrected chi connectivity index (χ2v) is 7.83. The highest BCUT2D eigenvalue weighted by molar-refractivity contribution is 6.36. The predicted octanol–water partition coefficient (Wildman–Crippen LogP) is 3.99. The van der Waals surface area contributed by atoms with E-state index in [-0.39, 0.29) is 24.9 Å².